The molecule has 1 amide bonds. The van der Waals surface area contributed by atoms with Crippen molar-refractivity contribution in [2.75, 3.05) is 6.54 Å². The van der Waals surface area contributed by atoms with E-state index in [1.807, 2.05) is 6.92 Å². The number of hydrogen-bond acceptors (Lipinski definition) is 3. The van der Waals surface area contributed by atoms with Crippen LogP contribution in [0.5, 0.6) is 5.75 Å². The lowest BCUT2D eigenvalue weighted by Crippen LogP contribution is -2.37. The standard InChI is InChI=1S/C14H18BrNO4/c1-3-4-7-16-13(17)9(2)20-12-6-5-10(15)8-11(12)14(18)19/h5-6,8-9H,3-4,7H2,1-2H3,(H,16,17)(H,18,19). The first-order chi connectivity index (χ1) is 9.45. The molecule has 0 aliphatic carbocycles. The van der Waals surface area contributed by atoms with Crippen molar-refractivity contribution in [3.63, 3.8) is 0 Å². The van der Waals surface area contributed by atoms with Crippen LogP contribution < -0.4 is 10.1 Å². The predicted molar refractivity (Wildman–Crippen MR) is 79.1 cm³/mol. The molecule has 0 saturated heterocycles. The van der Waals surface area contributed by atoms with E-state index in [1.54, 1.807) is 13.0 Å². The topological polar surface area (TPSA) is 75.6 Å². The summed E-state index contributed by atoms with van der Waals surface area (Å²) >= 11 is 3.20. The summed E-state index contributed by atoms with van der Waals surface area (Å²) in [5.74, 6) is -1.17. The number of aromatic carboxylic acids is 1. The molecule has 20 heavy (non-hydrogen) atoms. The van der Waals surface area contributed by atoms with Gasteiger partial charge in [-0.1, -0.05) is 29.3 Å². The van der Waals surface area contributed by atoms with E-state index < -0.39 is 12.1 Å². The lowest BCUT2D eigenvalue weighted by atomic mass is 10.2. The van der Waals surface area contributed by atoms with E-state index in [2.05, 4.69) is 21.2 Å². The summed E-state index contributed by atoms with van der Waals surface area (Å²) in [6.07, 6.45) is 1.15. The molecule has 1 aromatic carbocycles. The number of rotatable bonds is 7. The third-order valence-electron chi connectivity index (χ3n) is 2.67. The molecule has 1 rings (SSSR count). The summed E-state index contributed by atoms with van der Waals surface area (Å²) in [4.78, 5) is 22.9. The molecule has 0 spiro atoms. The summed E-state index contributed by atoms with van der Waals surface area (Å²) in [7, 11) is 0. The lowest BCUT2D eigenvalue weighted by molar-refractivity contribution is -0.127. The van der Waals surface area contributed by atoms with E-state index in [1.165, 1.54) is 12.1 Å². The van der Waals surface area contributed by atoms with Crippen LogP contribution in [0.25, 0.3) is 0 Å². The molecule has 1 atom stereocenters. The van der Waals surface area contributed by atoms with Crippen molar-refractivity contribution in [2.24, 2.45) is 0 Å². The maximum Gasteiger partial charge on any atom is 0.339 e. The van der Waals surface area contributed by atoms with E-state index in [-0.39, 0.29) is 17.2 Å². The molecule has 2 N–H and O–H groups in total. The fourth-order valence-corrected chi connectivity index (χ4v) is 1.91. The minimum atomic E-state index is -1.10. The molecule has 0 aliphatic heterocycles. The number of hydrogen-bond donors (Lipinski definition) is 2. The predicted octanol–water partition coefficient (Wildman–Crippen LogP) is 2.83. The largest absolute Gasteiger partial charge is 0.480 e. The third-order valence-corrected chi connectivity index (χ3v) is 3.17. The highest BCUT2D eigenvalue weighted by Crippen LogP contribution is 2.24. The third kappa shape index (κ3) is 4.85. The average Bonchev–Trinajstić information content (AvgIpc) is 2.40. The minimum absolute atomic E-state index is 0.0209. The second kappa shape index (κ2) is 7.89. The summed E-state index contributed by atoms with van der Waals surface area (Å²) in [5, 5.41) is 11.9. The Balaban J connectivity index is 2.72. The molecule has 110 valence electrons. The Morgan fingerprint density at radius 2 is 2.15 bits per heavy atom. The fraction of sp³-hybridized carbons (Fsp3) is 0.429. The van der Waals surface area contributed by atoms with E-state index in [0.717, 1.165) is 12.8 Å². The Bertz CT molecular complexity index is 490. The number of benzene rings is 1. The zero-order valence-corrected chi connectivity index (χ0v) is 13.1. The van der Waals surface area contributed by atoms with Crippen molar-refractivity contribution in [1.82, 2.24) is 5.32 Å². The first kappa shape index (κ1) is 16.5. The SMILES string of the molecule is CCCCNC(=O)C(C)Oc1ccc(Br)cc1C(=O)O. The van der Waals surface area contributed by atoms with Crippen LogP contribution in [0.2, 0.25) is 0 Å². The first-order valence-electron chi connectivity index (χ1n) is 6.43. The van der Waals surface area contributed by atoms with E-state index in [0.29, 0.717) is 11.0 Å². The van der Waals surface area contributed by atoms with Crippen molar-refractivity contribution >= 4 is 27.8 Å². The van der Waals surface area contributed by atoms with Gasteiger partial charge in [0.1, 0.15) is 11.3 Å². The highest BCUT2D eigenvalue weighted by atomic mass is 79.9. The van der Waals surface area contributed by atoms with Gasteiger partial charge in [0.05, 0.1) is 0 Å². The summed E-state index contributed by atoms with van der Waals surface area (Å²) < 4.78 is 6.08. The Morgan fingerprint density at radius 1 is 1.45 bits per heavy atom. The van der Waals surface area contributed by atoms with Gasteiger partial charge in [-0.2, -0.15) is 0 Å². The molecule has 6 heteroatoms. The van der Waals surface area contributed by atoms with Crippen LogP contribution >= 0.6 is 15.9 Å². The molecule has 0 aromatic heterocycles. The van der Waals surface area contributed by atoms with E-state index in [9.17, 15) is 9.59 Å². The Kier molecular flexibility index (Phi) is 6.51. The monoisotopic (exact) mass is 343 g/mol. The fourth-order valence-electron chi connectivity index (χ4n) is 1.55. The smallest absolute Gasteiger partial charge is 0.339 e. The number of nitrogens with one attached hydrogen (secondary N) is 1. The van der Waals surface area contributed by atoms with Crippen LogP contribution in [0.15, 0.2) is 22.7 Å². The number of carboxylic acid groups (broad SMARTS) is 1. The molecule has 0 radical (unpaired) electrons. The normalized spacial score (nSPS) is 11.8. The number of halogens is 1. The number of ether oxygens (including phenoxy) is 1. The van der Waals surface area contributed by atoms with Gasteiger partial charge in [0.2, 0.25) is 0 Å². The van der Waals surface area contributed by atoms with Gasteiger partial charge in [0.15, 0.2) is 6.10 Å². The number of carbonyl (C=O) groups excluding carboxylic acids is 1. The summed E-state index contributed by atoms with van der Waals surface area (Å²) in [6.45, 7) is 4.22. The summed E-state index contributed by atoms with van der Waals surface area (Å²) in [6, 6.07) is 4.65. The van der Waals surface area contributed by atoms with Gasteiger partial charge < -0.3 is 15.2 Å². The molecule has 1 aromatic rings. The van der Waals surface area contributed by atoms with Gasteiger partial charge in [0.25, 0.3) is 5.91 Å². The lowest BCUT2D eigenvalue weighted by Gasteiger charge is -2.16. The molecule has 0 fully saturated rings. The molecule has 0 heterocycles. The molecule has 5 nitrogen and oxygen atoms in total. The van der Waals surface area contributed by atoms with Crippen LogP contribution in [0.3, 0.4) is 0 Å². The second-order valence-corrected chi connectivity index (χ2v) is 5.27. The van der Waals surface area contributed by atoms with Crippen molar-refractivity contribution in [3.8, 4) is 5.75 Å². The van der Waals surface area contributed by atoms with E-state index >= 15 is 0 Å². The molecule has 0 bridgehead atoms. The van der Waals surface area contributed by atoms with Crippen molar-refractivity contribution < 1.29 is 19.4 Å². The van der Waals surface area contributed by atoms with Crippen LogP contribution in [0, 0.1) is 0 Å². The number of carbonyl (C=O) groups is 2. The highest BCUT2D eigenvalue weighted by Gasteiger charge is 2.18. The molecule has 0 aliphatic rings. The van der Waals surface area contributed by atoms with E-state index in [4.69, 9.17) is 9.84 Å². The average molecular weight is 344 g/mol. The Labute approximate surface area is 126 Å². The highest BCUT2D eigenvalue weighted by molar-refractivity contribution is 9.10. The van der Waals surface area contributed by atoms with Crippen LogP contribution in [0.4, 0.5) is 0 Å². The molecule has 1 unspecified atom stereocenters. The van der Waals surface area contributed by atoms with Gasteiger partial charge in [-0.3, -0.25) is 4.79 Å². The van der Waals surface area contributed by atoms with Crippen LogP contribution in [0.1, 0.15) is 37.0 Å². The minimum Gasteiger partial charge on any atom is -0.480 e. The molecular formula is C14H18BrNO4. The molecular weight excluding hydrogens is 326 g/mol. The number of amides is 1. The maximum absolute atomic E-state index is 11.8. The van der Waals surface area contributed by atoms with Gasteiger partial charge in [0, 0.05) is 11.0 Å². The van der Waals surface area contributed by atoms with Crippen LogP contribution in [-0.2, 0) is 4.79 Å². The van der Waals surface area contributed by atoms with Gasteiger partial charge in [-0.05, 0) is 31.5 Å². The molecule has 0 saturated carbocycles. The van der Waals surface area contributed by atoms with Crippen LogP contribution in [-0.4, -0.2) is 29.6 Å². The van der Waals surface area contributed by atoms with Crippen molar-refractivity contribution in [2.45, 2.75) is 32.8 Å². The van der Waals surface area contributed by atoms with Crippen molar-refractivity contribution in [3.05, 3.63) is 28.2 Å². The van der Waals surface area contributed by atoms with Crippen molar-refractivity contribution in [1.29, 1.82) is 0 Å². The quantitative estimate of drug-likeness (QED) is 0.746. The second-order valence-electron chi connectivity index (χ2n) is 4.35. The maximum atomic E-state index is 11.8. The zero-order chi connectivity index (χ0) is 15.1. The Hall–Kier alpha value is -1.56. The summed E-state index contributed by atoms with van der Waals surface area (Å²) in [5.41, 5.74) is 0.0209. The number of unbranched alkanes of at least 4 members (excludes halogenated alkanes) is 1. The van der Waals surface area contributed by atoms with Gasteiger partial charge in [-0.25, -0.2) is 4.79 Å². The Morgan fingerprint density at radius 3 is 2.75 bits per heavy atom. The van der Waals surface area contributed by atoms with Gasteiger partial charge in [-0.15, -0.1) is 0 Å². The number of carboxylic acids is 1. The first-order valence-corrected chi connectivity index (χ1v) is 7.22. The van der Waals surface area contributed by atoms with Gasteiger partial charge >= 0.3 is 5.97 Å². The zero-order valence-electron chi connectivity index (χ0n) is 11.5.